The van der Waals surface area contributed by atoms with Crippen LogP contribution in [-0.2, 0) is 6.42 Å². The molecular weight excluding hydrogens is 304 g/mol. The lowest BCUT2D eigenvalue weighted by Crippen LogP contribution is -1.92. The average molecular weight is 326 g/mol. The topological polar surface area (TPSA) is 47.9 Å². The van der Waals surface area contributed by atoms with Crippen molar-refractivity contribution >= 4 is 6.08 Å². The third-order valence-corrected chi connectivity index (χ3v) is 3.38. The van der Waals surface area contributed by atoms with Crippen molar-refractivity contribution in [2.45, 2.75) is 13.3 Å². The van der Waals surface area contributed by atoms with Crippen LogP contribution in [0.3, 0.4) is 0 Å². The van der Waals surface area contributed by atoms with E-state index in [1.807, 2.05) is 49.4 Å². The summed E-state index contributed by atoms with van der Waals surface area (Å²) in [4.78, 5) is 0. The molecule has 1 aliphatic rings. The highest BCUT2D eigenvalue weighted by Crippen LogP contribution is 2.32. The first-order valence-electron chi connectivity index (χ1n) is 7.67. The van der Waals surface area contributed by atoms with E-state index in [-0.39, 0.29) is 5.75 Å². The van der Waals surface area contributed by atoms with E-state index in [2.05, 4.69) is 6.58 Å². The maximum atomic E-state index is 9.25. The number of aromatic hydroxyl groups is 1. The number of ether oxygens (including phenoxy) is 3. The smallest absolute Gasteiger partial charge is 0.231 e. The summed E-state index contributed by atoms with van der Waals surface area (Å²) in [5, 5.41) is 9.25. The van der Waals surface area contributed by atoms with Gasteiger partial charge in [-0.2, -0.15) is 0 Å². The number of methoxy groups -OCH3 is 1. The zero-order valence-corrected chi connectivity index (χ0v) is 14.0. The second-order valence-corrected chi connectivity index (χ2v) is 5.11. The summed E-state index contributed by atoms with van der Waals surface area (Å²) in [5.41, 5.74) is 2.22. The van der Waals surface area contributed by atoms with Crippen LogP contribution in [0, 0.1) is 0 Å². The molecule has 0 amide bonds. The monoisotopic (exact) mass is 326 g/mol. The molecule has 0 bridgehead atoms. The first kappa shape index (κ1) is 17.5. The maximum Gasteiger partial charge on any atom is 0.231 e. The van der Waals surface area contributed by atoms with Crippen molar-refractivity contribution in [3.8, 4) is 23.0 Å². The molecule has 24 heavy (non-hydrogen) atoms. The van der Waals surface area contributed by atoms with Crippen molar-refractivity contribution in [1.29, 1.82) is 0 Å². The zero-order valence-electron chi connectivity index (χ0n) is 14.0. The molecule has 3 rings (SSSR count). The Bertz CT molecular complexity index is 720. The first-order valence-corrected chi connectivity index (χ1v) is 7.67. The van der Waals surface area contributed by atoms with E-state index in [0.717, 1.165) is 29.0 Å². The number of benzene rings is 2. The first-order chi connectivity index (χ1) is 11.7. The highest BCUT2D eigenvalue weighted by atomic mass is 16.7. The van der Waals surface area contributed by atoms with Gasteiger partial charge in [0.15, 0.2) is 23.0 Å². The Morgan fingerprint density at radius 1 is 1.17 bits per heavy atom. The summed E-state index contributed by atoms with van der Waals surface area (Å²) < 4.78 is 15.4. The lowest BCUT2D eigenvalue weighted by Gasteiger charge is -2.04. The van der Waals surface area contributed by atoms with E-state index in [0.29, 0.717) is 12.5 Å². The molecule has 126 valence electrons. The van der Waals surface area contributed by atoms with Crippen LogP contribution in [0.15, 0.2) is 55.1 Å². The van der Waals surface area contributed by atoms with Gasteiger partial charge in [0.2, 0.25) is 6.79 Å². The minimum Gasteiger partial charge on any atom is -0.504 e. The van der Waals surface area contributed by atoms with Gasteiger partial charge in [0.1, 0.15) is 0 Å². The molecule has 0 radical (unpaired) electrons. The predicted molar refractivity (Wildman–Crippen MR) is 95.8 cm³/mol. The van der Waals surface area contributed by atoms with Gasteiger partial charge >= 0.3 is 0 Å². The molecule has 1 heterocycles. The van der Waals surface area contributed by atoms with E-state index in [9.17, 15) is 5.11 Å². The van der Waals surface area contributed by atoms with Crippen molar-refractivity contribution in [2.75, 3.05) is 13.9 Å². The van der Waals surface area contributed by atoms with Gasteiger partial charge in [0.25, 0.3) is 0 Å². The Balaban J connectivity index is 0.000000174. The second-order valence-electron chi connectivity index (χ2n) is 5.11. The molecule has 4 heteroatoms. The van der Waals surface area contributed by atoms with Crippen molar-refractivity contribution in [2.24, 2.45) is 0 Å². The summed E-state index contributed by atoms with van der Waals surface area (Å²) in [7, 11) is 1.53. The van der Waals surface area contributed by atoms with Crippen molar-refractivity contribution in [3.05, 3.63) is 66.3 Å². The molecule has 2 aromatic rings. The Kier molecular flexibility index (Phi) is 6.32. The highest BCUT2D eigenvalue weighted by Gasteiger charge is 2.11. The van der Waals surface area contributed by atoms with E-state index in [1.165, 1.54) is 7.11 Å². The molecule has 0 aliphatic carbocycles. The minimum atomic E-state index is 0.172. The molecule has 4 nitrogen and oxygen atoms in total. The lowest BCUT2D eigenvalue weighted by molar-refractivity contribution is 0.174. The van der Waals surface area contributed by atoms with Crippen LogP contribution in [-0.4, -0.2) is 19.0 Å². The number of fused-ring (bicyclic) bond motifs is 1. The van der Waals surface area contributed by atoms with Gasteiger partial charge < -0.3 is 19.3 Å². The molecule has 0 atom stereocenters. The highest BCUT2D eigenvalue weighted by molar-refractivity contribution is 5.56. The normalized spacial score (nSPS) is 11.8. The van der Waals surface area contributed by atoms with Gasteiger partial charge in [-0.3, -0.25) is 0 Å². The van der Waals surface area contributed by atoms with Gasteiger partial charge in [0, 0.05) is 0 Å². The third-order valence-electron chi connectivity index (χ3n) is 3.38. The molecule has 2 aromatic carbocycles. The van der Waals surface area contributed by atoms with Crippen LogP contribution in [0.1, 0.15) is 18.1 Å². The summed E-state index contributed by atoms with van der Waals surface area (Å²) in [5.74, 6) is 2.36. The van der Waals surface area contributed by atoms with E-state index < -0.39 is 0 Å². The number of phenolic OH excluding ortho intramolecular Hbond substituents is 1. The Labute approximate surface area is 142 Å². The van der Waals surface area contributed by atoms with Crippen LogP contribution >= 0.6 is 0 Å². The SMILES string of the molecule is C=CCc1ccc(O)c(OC)c1.CC=Cc1ccc2c(c1)OCO2. The summed E-state index contributed by atoms with van der Waals surface area (Å²) in [6, 6.07) is 11.2. The minimum absolute atomic E-state index is 0.172. The fourth-order valence-corrected chi connectivity index (χ4v) is 2.22. The zero-order chi connectivity index (χ0) is 17.4. The fraction of sp³-hybridized carbons (Fsp3) is 0.200. The predicted octanol–water partition coefficient (Wildman–Crippen LogP) is 4.58. The van der Waals surface area contributed by atoms with Gasteiger partial charge in [-0.1, -0.05) is 30.4 Å². The molecule has 1 aliphatic heterocycles. The fourth-order valence-electron chi connectivity index (χ4n) is 2.22. The van der Waals surface area contributed by atoms with Crippen LogP contribution in [0.25, 0.3) is 6.08 Å². The molecule has 0 saturated carbocycles. The van der Waals surface area contributed by atoms with Crippen molar-refractivity contribution in [3.63, 3.8) is 0 Å². The van der Waals surface area contributed by atoms with E-state index >= 15 is 0 Å². The van der Waals surface area contributed by atoms with Crippen LogP contribution in [0.2, 0.25) is 0 Å². The van der Waals surface area contributed by atoms with Crippen LogP contribution < -0.4 is 14.2 Å². The molecule has 0 saturated heterocycles. The van der Waals surface area contributed by atoms with Gasteiger partial charge in [-0.05, 0) is 48.7 Å². The number of hydrogen-bond donors (Lipinski definition) is 1. The van der Waals surface area contributed by atoms with Gasteiger partial charge in [0.05, 0.1) is 7.11 Å². The Morgan fingerprint density at radius 3 is 2.67 bits per heavy atom. The largest absolute Gasteiger partial charge is 0.504 e. The van der Waals surface area contributed by atoms with Crippen molar-refractivity contribution < 1.29 is 19.3 Å². The molecule has 1 N–H and O–H groups in total. The molecule has 0 aromatic heterocycles. The van der Waals surface area contributed by atoms with Gasteiger partial charge in [-0.15, -0.1) is 6.58 Å². The number of rotatable bonds is 4. The summed E-state index contributed by atoms with van der Waals surface area (Å²) in [6.07, 6.45) is 6.63. The average Bonchev–Trinajstić information content (AvgIpc) is 3.05. The molecule has 0 fully saturated rings. The van der Waals surface area contributed by atoms with Gasteiger partial charge in [-0.25, -0.2) is 0 Å². The second kappa shape index (κ2) is 8.67. The van der Waals surface area contributed by atoms with E-state index in [1.54, 1.807) is 12.1 Å². The number of hydrogen-bond acceptors (Lipinski definition) is 4. The Morgan fingerprint density at radius 2 is 1.96 bits per heavy atom. The third kappa shape index (κ3) is 4.56. The standard InChI is InChI=1S/C10H10O2.C10H12O2/c1-2-3-8-4-5-9-10(6-8)12-7-11-9;1-3-4-8-5-6-9(11)10(7-8)12-2/h2-6H,7H2,1H3;3,5-7,11H,1,4H2,2H3. The summed E-state index contributed by atoms with van der Waals surface area (Å²) in [6.45, 7) is 5.96. The summed E-state index contributed by atoms with van der Waals surface area (Å²) >= 11 is 0. The maximum absolute atomic E-state index is 9.25. The van der Waals surface area contributed by atoms with Crippen molar-refractivity contribution in [1.82, 2.24) is 0 Å². The molecule has 0 unspecified atom stereocenters. The van der Waals surface area contributed by atoms with E-state index in [4.69, 9.17) is 14.2 Å². The number of allylic oxidation sites excluding steroid dienone is 2. The lowest BCUT2D eigenvalue weighted by atomic mass is 10.1. The molecule has 0 spiro atoms. The van der Waals surface area contributed by atoms with Crippen LogP contribution in [0.5, 0.6) is 23.0 Å². The number of phenols is 1. The molecular formula is C20H22O4. The quantitative estimate of drug-likeness (QED) is 0.836. The Hall–Kier alpha value is -2.88. The van der Waals surface area contributed by atoms with Crippen LogP contribution in [0.4, 0.5) is 0 Å².